The fourth-order valence-corrected chi connectivity index (χ4v) is 6.20. The third-order valence-electron chi connectivity index (χ3n) is 5.21. The van der Waals surface area contributed by atoms with E-state index in [2.05, 4.69) is 4.90 Å². The van der Waals surface area contributed by atoms with E-state index in [9.17, 15) is 8.42 Å². The van der Waals surface area contributed by atoms with Gasteiger partial charge in [-0.1, -0.05) is 36.4 Å². The fraction of sp³-hybridized carbons (Fsp3) is 0.400. The molecular formula is C20H24N2O3S2. The number of likely N-dealkylation sites (N-methyl/N-ethyl adjacent to an activating group) is 1. The normalized spacial score (nSPS) is 22.6. The molecule has 2 heterocycles. The average molecular weight is 405 g/mol. The maximum atomic E-state index is 13.5. The van der Waals surface area contributed by atoms with Crippen molar-refractivity contribution in [2.75, 3.05) is 43.1 Å². The van der Waals surface area contributed by atoms with Gasteiger partial charge in [-0.05, 0) is 24.1 Å². The molecular weight excluding hydrogens is 380 g/mol. The van der Waals surface area contributed by atoms with Gasteiger partial charge < -0.3 is 9.64 Å². The van der Waals surface area contributed by atoms with Crippen LogP contribution in [-0.4, -0.2) is 57.0 Å². The fourth-order valence-electron chi connectivity index (χ4n) is 3.64. The standard InChI is InChI=1S/C20H24N2O3S2/c1-21-17(14-16-6-3-2-4-7-16)15-25-19-9-5-8-18(20(19)27(21,23)24)22-10-12-26-13-11-22/h2-9,17H,10-15H2,1H3/t17-/m1/s1. The first-order valence-corrected chi connectivity index (χ1v) is 11.8. The molecule has 1 atom stereocenters. The van der Waals surface area contributed by atoms with Gasteiger partial charge >= 0.3 is 0 Å². The summed E-state index contributed by atoms with van der Waals surface area (Å²) in [6, 6.07) is 15.3. The van der Waals surface area contributed by atoms with E-state index >= 15 is 0 Å². The molecule has 2 aliphatic rings. The number of hydrogen-bond donors (Lipinski definition) is 0. The second-order valence-corrected chi connectivity index (χ2v) is 10.0. The van der Waals surface area contributed by atoms with Crippen molar-refractivity contribution < 1.29 is 13.2 Å². The van der Waals surface area contributed by atoms with Crippen molar-refractivity contribution in [3.8, 4) is 5.75 Å². The first-order valence-electron chi connectivity index (χ1n) is 9.18. The lowest BCUT2D eigenvalue weighted by Gasteiger charge is -2.31. The molecule has 0 amide bonds. The van der Waals surface area contributed by atoms with E-state index in [4.69, 9.17) is 4.74 Å². The lowest BCUT2D eigenvalue weighted by atomic mass is 10.1. The Morgan fingerprint density at radius 3 is 2.56 bits per heavy atom. The molecule has 0 spiro atoms. The summed E-state index contributed by atoms with van der Waals surface area (Å²) in [5.74, 6) is 2.49. The summed E-state index contributed by atoms with van der Waals surface area (Å²) >= 11 is 1.90. The largest absolute Gasteiger partial charge is 0.490 e. The first-order chi connectivity index (χ1) is 13.1. The molecule has 0 bridgehead atoms. The van der Waals surface area contributed by atoms with E-state index in [0.29, 0.717) is 23.7 Å². The second kappa shape index (κ2) is 7.73. The van der Waals surface area contributed by atoms with Crippen molar-refractivity contribution in [3.63, 3.8) is 0 Å². The molecule has 5 nitrogen and oxygen atoms in total. The topological polar surface area (TPSA) is 49.9 Å². The van der Waals surface area contributed by atoms with Crippen molar-refractivity contribution in [2.24, 2.45) is 0 Å². The summed E-state index contributed by atoms with van der Waals surface area (Å²) < 4.78 is 34.5. The molecule has 27 heavy (non-hydrogen) atoms. The Kier molecular flexibility index (Phi) is 5.34. The van der Waals surface area contributed by atoms with Gasteiger partial charge in [0.15, 0.2) is 0 Å². The predicted molar refractivity (Wildman–Crippen MR) is 110 cm³/mol. The third-order valence-corrected chi connectivity index (χ3v) is 8.13. The average Bonchev–Trinajstić information content (AvgIpc) is 2.80. The molecule has 2 aromatic rings. The Hall–Kier alpha value is -1.70. The minimum absolute atomic E-state index is 0.241. The summed E-state index contributed by atoms with van der Waals surface area (Å²) in [5.41, 5.74) is 1.87. The highest BCUT2D eigenvalue weighted by atomic mass is 32.2. The van der Waals surface area contributed by atoms with Crippen LogP contribution >= 0.6 is 11.8 Å². The van der Waals surface area contributed by atoms with Crippen LogP contribution in [0.1, 0.15) is 5.56 Å². The van der Waals surface area contributed by atoms with Gasteiger partial charge in [-0.15, -0.1) is 0 Å². The number of fused-ring (bicyclic) bond motifs is 1. The van der Waals surface area contributed by atoms with E-state index in [1.807, 2.05) is 54.2 Å². The lowest BCUT2D eigenvalue weighted by Crippen LogP contribution is -2.41. The van der Waals surface area contributed by atoms with Crippen molar-refractivity contribution in [1.82, 2.24) is 4.31 Å². The van der Waals surface area contributed by atoms with Gasteiger partial charge in [0.1, 0.15) is 17.3 Å². The maximum Gasteiger partial charge on any atom is 0.248 e. The molecule has 0 aliphatic carbocycles. The van der Waals surface area contributed by atoms with Crippen LogP contribution in [0.15, 0.2) is 53.4 Å². The molecule has 0 N–H and O–H groups in total. The van der Waals surface area contributed by atoms with Crippen LogP contribution in [-0.2, 0) is 16.4 Å². The molecule has 0 unspecified atom stereocenters. The zero-order valence-corrected chi connectivity index (χ0v) is 17.0. The number of thioether (sulfide) groups is 1. The second-order valence-electron chi connectivity index (χ2n) is 6.88. The first kappa shape index (κ1) is 18.7. The van der Waals surface area contributed by atoms with Gasteiger partial charge in [-0.3, -0.25) is 0 Å². The van der Waals surface area contributed by atoms with E-state index in [0.717, 1.165) is 35.8 Å². The smallest absolute Gasteiger partial charge is 0.248 e. The number of nitrogens with zero attached hydrogens (tertiary/aromatic N) is 2. The van der Waals surface area contributed by atoms with Gasteiger partial charge in [0, 0.05) is 31.6 Å². The van der Waals surface area contributed by atoms with E-state index < -0.39 is 10.0 Å². The van der Waals surface area contributed by atoms with Gasteiger partial charge in [0.25, 0.3) is 0 Å². The molecule has 7 heteroatoms. The van der Waals surface area contributed by atoms with Crippen LogP contribution in [0.4, 0.5) is 5.69 Å². The van der Waals surface area contributed by atoms with Crippen LogP contribution in [0.2, 0.25) is 0 Å². The Bertz CT molecular complexity index is 897. The molecule has 0 aromatic heterocycles. The molecule has 0 saturated carbocycles. The van der Waals surface area contributed by atoms with E-state index in [-0.39, 0.29) is 6.04 Å². The third kappa shape index (κ3) is 3.68. The Morgan fingerprint density at radius 1 is 1.07 bits per heavy atom. The van der Waals surface area contributed by atoms with Crippen LogP contribution in [0.5, 0.6) is 5.75 Å². The number of sulfonamides is 1. The quantitative estimate of drug-likeness (QED) is 0.787. The monoisotopic (exact) mass is 404 g/mol. The molecule has 1 fully saturated rings. The van der Waals surface area contributed by atoms with Crippen LogP contribution in [0.25, 0.3) is 0 Å². The zero-order chi connectivity index (χ0) is 18.9. The summed E-state index contributed by atoms with van der Waals surface area (Å²) in [5, 5.41) is 0. The molecule has 2 aromatic carbocycles. The number of anilines is 1. The van der Waals surface area contributed by atoms with Gasteiger partial charge in [-0.2, -0.15) is 16.1 Å². The number of ether oxygens (including phenoxy) is 1. The lowest BCUT2D eigenvalue weighted by molar-refractivity contribution is 0.228. The van der Waals surface area contributed by atoms with Crippen molar-refractivity contribution in [1.29, 1.82) is 0 Å². The Labute approximate surface area is 165 Å². The van der Waals surface area contributed by atoms with Crippen molar-refractivity contribution >= 4 is 27.5 Å². The van der Waals surface area contributed by atoms with Gasteiger partial charge in [0.2, 0.25) is 10.0 Å². The molecule has 2 aliphatic heterocycles. The molecule has 0 radical (unpaired) electrons. The van der Waals surface area contributed by atoms with Crippen molar-refractivity contribution in [3.05, 3.63) is 54.1 Å². The van der Waals surface area contributed by atoms with Gasteiger partial charge in [-0.25, -0.2) is 8.42 Å². The number of benzene rings is 2. The minimum Gasteiger partial charge on any atom is -0.490 e. The van der Waals surface area contributed by atoms with Crippen molar-refractivity contribution in [2.45, 2.75) is 17.4 Å². The zero-order valence-electron chi connectivity index (χ0n) is 15.4. The summed E-state index contributed by atoms with van der Waals surface area (Å²) in [6.07, 6.45) is 0.625. The highest BCUT2D eigenvalue weighted by Crippen LogP contribution is 2.39. The van der Waals surface area contributed by atoms with E-state index in [1.165, 1.54) is 4.31 Å². The van der Waals surface area contributed by atoms with Crippen LogP contribution < -0.4 is 9.64 Å². The predicted octanol–water partition coefficient (Wildman–Crippen LogP) is 2.86. The summed E-state index contributed by atoms with van der Waals surface area (Å²) in [6.45, 7) is 2.05. The SMILES string of the molecule is CN1[C@H](Cc2ccccc2)COc2cccc(N3CCSCC3)c2S1(=O)=O. The molecule has 144 valence electrons. The van der Waals surface area contributed by atoms with E-state index in [1.54, 1.807) is 13.1 Å². The van der Waals surface area contributed by atoms with Crippen LogP contribution in [0, 0.1) is 0 Å². The summed E-state index contributed by atoms with van der Waals surface area (Å²) in [7, 11) is -1.98. The van der Waals surface area contributed by atoms with Gasteiger partial charge in [0.05, 0.1) is 11.7 Å². The highest BCUT2D eigenvalue weighted by molar-refractivity contribution is 7.99. The highest BCUT2D eigenvalue weighted by Gasteiger charge is 2.37. The molecule has 1 saturated heterocycles. The number of hydrogen-bond acceptors (Lipinski definition) is 5. The number of rotatable bonds is 3. The summed E-state index contributed by atoms with van der Waals surface area (Å²) in [4.78, 5) is 2.48. The van der Waals surface area contributed by atoms with Crippen LogP contribution in [0.3, 0.4) is 0 Å². The minimum atomic E-state index is -3.65. The Balaban J connectivity index is 1.70. The maximum absolute atomic E-state index is 13.5. The molecule has 4 rings (SSSR count). The Morgan fingerprint density at radius 2 is 1.81 bits per heavy atom.